The lowest BCUT2D eigenvalue weighted by Gasteiger charge is -2.20. The normalized spacial score (nSPS) is 11.4. The van der Waals surface area contributed by atoms with E-state index in [2.05, 4.69) is 17.4 Å². The fourth-order valence-corrected chi connectivity index (χ4v) is 2.06. The van der Waals surface area contributed by atoms with Crippen LogP contribution < -0.4 is 10.1 Å². The van der Waals surface area contributed by atoms with Crippen LogP contribution in [0.25, 0.3) is 0 Å². The van der Waals surface area contributed by atoms with Crippen molar-refractivity contribution in [3.63, 3.8) is 0 Å². The number of aliphatic carboxylic acids is 1. The fraction of sp³-hybridized carbons (Fsp3) is 0.533. The average Bonchev–Trinajstić information content (AvgIpc) is 2.28. The molecule has 0 bridgehead atoms. The molecular formula is C15H23NO3. The maximum absolute atomic E-state index is 11.0. The molecule has 0 spiro atoms. The summed E-state index contributed by atoms with van der Waals surface area (Å²) < 4.78 is 5.32. The first-order valence-electron chi connectivity index (χ1n) is 6.36. The van der Waals surface area contributed by atoms with E-state index in [0.29, 0.717) is 13.1 Å². The minimum Gasteiger partial charge on any atom is -0.496 e. The van der Waals surface area contributed by atoms with Crippen molar-refractivity contribution in [3.05, 3.63) is 28.8 Å². The quantitative estimate of drug-likeness (QED) is 0.829. The topological polar surface area (TPSA) is 58.6 Å². The Kier molecular flexibility index (Phi) is 4.95. The van der Waals surface area contributed by atoms with Crippen molar-refractivity contribution in [1.82, 2.24) is 5.32 Å². The highest BCUT2D eigenvalue weighted by atomic mass is 16.5. The molecule has 0 aliphatic heterocycles. The van der Waals surface area contributed by atoms with Crippen LogP contribution in [0.2, 0.25) is 0 Å². The molecule has 1 aromatic carbocycles. The summed E-state index contributed by atoms with van der Waals surface area (Å²) in [7, 11) is 1.67. The number of benzene rings is 1. The smallest absolute Gasteiger partial charge is 0.310 e. The van der Waals surface area contributed by atoms with Crippen LogP contribution in [0.1, 0.15) is 30.5 Å². The Morgan fingerprint density at radius 1 is 1.32 bits per heavy atom. The van der Waals surface area contributed by atoms with Crippen LogP contribution in [0.3, 0.4) is 0 Å². The van der Waals surface area contributed by atoms with E-state index < -0.39 is 11.4 Å². The molecule has 4 heteroatoms. The Morgan fingerprint density at radius 3 is 2.26 bits per heavy atom. The number of carboxylic acid groups (broad SMARTS) is 1. The van der Waals surface area contributed by atoms with Gasteiger partial charge in [0.15, 0.2) is 0 Å². The van der Waals surface area contributed by atoms with Gasteiger partial charge >= 0.3 is 5.97 Å². The number of hydrogen-bond donors (Lipinski definition) is 2. The average molecular weight is 265 g/mol. The summed E-state index contributed by atoms with van der Waals surface area (Å²) in [6, 6.07) is 4.12. The van der Waals surface area contributed by atoms with E-state index >= 15 is 0 Å². The van der Waals surface area contributed by atoms with Gasteiger partial charge in [-0.3, -0.25) is 4.79 Å². The molecule has 2 N–H and O–H groups in total. The van der Waals surface area contributed by atoms with Crippen LogP contribution in [0.15, 0.2) is 12.1 Å². The van der Waals surface area contributed by atoms with Crippen molar-refractivity contribution in [2.24, 2.45) is 5.41 Å². The lowest BCUT2D eigenvalue weighted by atomic mass is 9.94. The number of nitrogens with one attached hydrogen (secondary N) is 1. The van der Waals surface area contributed by atoms with Gasteiger partial charge in [0.1, 0.15) is 5.75 Å². The summed E-state index contributed by atoms with van der Waals surface area (Å²) in [6.07, 6.45) is 0. The van der Waals surface area contributed by atoms with Gasteiger partial charge in [0.05, 0.1) is 12.5 Å². The number of methoxy groups -OCH3 is 1. The molecule has 0 saturated carbocycles. The van der Waals surface area contributed by atoms with Crippen molar-refractivity contribution in [1.29, 1.82) is 0 Å². The molecule has 4 nitrogen and oxygen atoms in total. The van der Waals surface area contributed by atoms with Gasteiger partial charge in [0.25, 0.3) is 0 Å². The monoisotopic (exact) mass is 265 g/mol. The van der Waals surface area contributed by atoms with E-state index in [9.17, 15) is 4.79 Å². The molecule has 0 radical (unpaired) electrons. The molecule has 0 aromatic heterocycles. The van der Waals surface area contributed by atoms with Crippen LogP contribution in [0, 0.1) is 19.3 Å². The van der Waals surface area contributed by atoms with Gasteiger partial charge in [-0.2, -0.15) is 0 Å². The Morgan fingerprint density at radius 2 is 1.84 bits per heavy atom. The second kappa shape index (κ2) is 6.06. The Hall–Kier alpha value is -1.55. The molecule has 0 aliphatic carbocycles. The van der Waals surface area contributed by atoms with E-state index in [1.807, 2.05) is 13.8 Å². The highest BCUT2D eigenvalue weighted by molar-refractivity contribution is 5.73. The van der Waals surface area contributed by atoms with E-state index in [4.69, 9.17) is 9.84 Å². The van der Waals surface area contributed by atoms with Crippen molar-refractivity contribution in [3.8, 4) is 5.75 Å². The van der Waals surface area contributed by atoms with E-state index in [-0.39, 0.29) is 0 Å². The summed E-state index contributed by atoms with van der Waals surface area (Å²) in [5.74, 6) is 0.122. The van der Waals surface area contributed by atoms with Crippen LogP contribution in [-0.2, 0) is 11.3 Å². The lowest BCUT2D eigenvalue weighted by Crippen LogP contribution is -2.35. The van der Waals surface area contributed by atoms with Gasteiger partial charge in [0.2, 0.25) is 0 Å². The third-order valence-electron chi connectivity index (χ3n) is 3.20. The molecule has 106 valence electrons. The first-order valence-corrected chi connectivity index (χ1v) is 6.36. The summed E-state index contributed by atoms with van der Waals surface area (Å²) in [4.78, 5) is 11.0. The molecular weight excluding hydrogens is 242 g/mol. The zero-order valence-electron chi connectivity index (χ0n) is 12.3. The number of hydrogen-bond acceptors (Lipinski definition) is 3. The summed E-state index contributed by atoms with van der Waals surface area (Å²) in [6.45, 7) is 8.54. The molecule has 0 fully saturated rings. The van der Waals surface area contributed by atoms with Crippen LogP contribution >= 0.6 is 0 Å². The zero-order chi connectivity index (χ0) is 14.6. The SMILES string of the molecule is COc1c(C)cc(CNCC(C)(C)C(=O)O)cc1C. The van der Waals surface area contributed by atoms with Gasteiger partial charge in [-0.05, 0) is 44.4 Å². The predicted octanol–water partition coefficient (Wildman–Crippen LogP) is 2.51. The fourth-order valence-electron chi connectivity index (χ4n) is 2.06. The number of carbonyl (C=O) groups is 1. The molecule has 1 aromatic rings. The second-order valence-corrected chi connectivity index (χ2v) is 5.56. The Labute approximate surface area is 114 Å². The summed E-state index contributed by atoms with van der Waals surface area (Å²) in [5, 5.41) is 12.2. The van der Waals surface area contributed by atoms with Gasteiger partial charge in [-0.1, -0.05) is 12.1 Å². The van der Waals surface area contributed by atoms with Gasteiger partial charge in [-0.25, -0.2) is 0 Å². The maximum Gasteiger partial charge on any atom is 0.310 e. The van der Waals surface area contributed by atoms with Gasteiger partial charge < -0.3 is 15.2 Å². The molecule has 0 saturated heterocycles. The Bertz CT molecular complexity index is 443. The number of ether oxygens (including phenoxy) is 1. The first kappa shape index (κ1) is 15.5. The van der Waals surface area contributed by atoms with E-state index in [1.54, 1.807) is 21.0 Å². The van der Waals surface area contributed by atoms with Crippen molar-refractivity contribution < 1.29 is 14.6 Å². The molecule has 0 heterocycles. The molecule has 1 rings (SSSR count). The van der Waals surface area contributed by atoms with Gasteiger partial charge in [-0.15, -0.1) is 0 Å². The van der Waals surface area contributed by atoms with Crippen LogP contribution in [0.5, 0.6) is 5.75 Å². The van der Waals surface area contributed by atoms with Crippen molar-refractivity contribution >= 4 is 5.97 Å². The molecule has 19 heavy (non-hydrogen) atoms. The largest absolute Gasteiger partial charge is 0.496 e. The summed E-state index contributed by atoms with van der Waals surface area (Å²) in [5.41, 5.74) is 2.57. The number of rotatable bonds is 6. The first-order chi connectivity index (χ1) is 8.77. The number of carboxylic acids is 1. The standard InChI is InChI=1S/C15H23NO3/c1-10-6-12(7-11(2)13(10)19-5)8-16-9-15(3,4)14(17)18/h6-7,16H,8-9H2,1-5H3,(H,17,18). The zero-order valence-corrected chi connectivity index (χ0v) is 12.3. The van der Waals surface area contributed by atoms with E-state index in [0.717, 1.165) is 22.4 Å². The van der Waals surface area contributed by atoms with Crippen molar-refractivity contribution in [2.45, 2.75) is 34.2 Å². The molecule has 0 atom stereocenters. The molecule has 0 unspecified atom stereocenters. The van der Waals surface area contributed by atoms with Crippen LogP contribution in [0.4, 0.5) is 0 Å². The second-order valence-electron chi connectivity index (χ2n) is 5.56. The lowest BCUT2D eigenvalue weighted by molar-refractivity contribution is -0.146. The highest BCUT2D eigenvalue weighted by Gasteiger charge is 2.26. The minimum absolute atomic E-state index is 0.437. The van der Waals surface area contributed by atoms with Crippen LogP contribution in [-0.4, -0.2) is 24.7 Å². The third-order valence-corrected chi connectivity index (χ3v) is 3.20. The predicted molar refractivity (Wildman–Crippen MR) is 75.6 cm³/mol. The van der Waals surface area contributed by atoms with E-state index in [1.165, 1.54) is 0 Å². The molecule has 0 amide bonds. The minimum atomic E-state index is -0.790. The van der Waals surface area contributed by atoms with Gasteiger partial charge in [0, 0.05) is 13.1 Å². The summed E-state index contributed by atoms with van der Waals surface area (Å²) >= 11 is 0. The Balaban J connectivity index is 2.67. The number of aryl methyl sites for hydroxylation is 2. The van der Waals surface area contributed by atoms with Crippen molar-refractivity contribution in [2.75, 3.05) is 13.7 Å². The maximum atomic E-state index is 11.0. The molecule has 0 aliphatic rings. The highest BCUT2D eigenvalue weighted by Crippen LogP contribution is 2.24. The third kappa shape index (κ3) is 3.96.